The Kier molecular flexibility index (Phi) is 3.70. The standard InChI is InChI=1S/C18H21NO2/c1-13-5-4-6-14(11-13)17(20)18(12-19)9-10-21-16-8-3-2-7-15(16)18/h2-8,11,17,20H,9-10,12,19H2,1H3. The molecular weight excluding hydrogens is 262 g/mol. The lowest BCUT2D eigenvalue weighted by Crippen LogP contribution is -2.44. The van der Waals surface area contributed by atoms with E-state index in [4.69, 9.17) is 10.5 Å². The molecule has 0 saturated carbocycles. The minimum atomic E-state index is -0.632. The molecule has 0 amide bonds. The second kappa shape index (κ2) is 5.51. The number of benzene rings is 2. The molecule has 0 saturated heterocycles. The highest BCUT2D eigenvalue weighted by Gasteiger charge is 2.43. The number of hydrogen-bond acceptors (Lipinski definition) is 3. The molecule has 0 aliphatic carbocycles. The van der Waals surface area contributed by atoms with Crippen molar-refractivity contribution in [2.75, 3.05) is 13.2 Å². The Bertz CT molecular complexity index is 641. The van der Waals surface area contributed by atoms with Crippen LogP contribution >= 0.6 is 0 Å². The van der Waals surface area contributed by atoms with Gasteiger partial charge in [0, 0.05) is 17.5 Å². The van der Waals surface area contributed by atoms with Gasteiger partial charge >= 0.3 is 0 Å². The first-order valence-electron chi connectivity index (χ1n) is 7.34. The molecule has 1 heterocycles. The average molecular weight is 283 g/mol. The minimum absolute atomic E-state index is 0.391. The van der Waals surface area contributed by atoms with Crippen LogP contribution in [0.2, 0.25) is 0 Å². The number of para-hydroxylation sites is 1. The fraction of sp³-hybridized carbons (Fsp3) is 0.333. The van der Waals surface area contributed by atoms with E-state index in [0.717, 1.165) is 28.9 Å². The molecule has 2 aromatic rings. The summed E-state index contributed by atoms with van der Waals surface area (Å²) in [6.07, 6.45) is 0.0859. The summed E-state index contributed by atoms with van der Waals surface area (Å²) in [5.74, 6) is 0.834. The van der Waals surface area contributed by atoms with Gasteiger partial charge in [-0.2, -0.15) is 0 Å². The molecule has 3 nitrogen and oxygen atoms in total. The van der Waals surface area contributed by atoms with E-state index < -0.39 is 11.5 Å². The van der Waals surface area contributed by atoms with Crippen LogP contribution in [0.1, 0.15) is 29.2 Å². The van der Waals surface area contributed by atoms with Crippen molar-refractivity contribution in [1.29, 1.82) is 0 Å². The second-order valence-corrected chi connectivity index (χ2v) is 5.77. The summed E-state index contributed by atoms with van der Waals surface area (Å²) in [6.45, 7) is 3.00. The van der Waals surface area contributed by atoms with Gasteiger partial charge in [0.25, 0.3) is 0 Å². The Hall–Kier alpha value is -1.84. The van der Waals surface area contributed by atoms with Crippen molar-refractivity contribution in [1.82, 2.24) is 0 Å². The van der Waals surface area contributed by atoms with Crippen molar-refractivity contribution in [3.8, 4) is 5.75 Å². The van der Waals surface area contributed by atoms with Crippen LogP contribution in [0.5, 0.6) is 5.75 Å². The number of aliphatic hydroxyl groups excluding tert-OH is 1. The molecule has 2 aromatic carbocycles. The van der Waals surface area contributed by atoms with Crippen LogP contribution in [0, 0.1) is 6.92 Å². The molecule has 0 spiro atoms. The maximum Gasteiger partial charge on any atom is 0.123 e. The summed E-state index contributed by atoms with van der Waals surface area (Å²) in [5.41, 5.74) is 8.69. The second-order valence-electron chi connectivity index (χ2n) is 5.77. The first-order chi connectivity index (χ1) is 10.2. The molecule has 2 atom stereocenters. The van der Waals surface area contributed by atoms with Gasteiger partial charge in [-0.25, -0.2) is 0 Å². The van der Waals surface area contributed by atoms with E-state index in [-0.39, 0.29) is 0 Å². The fourth-order valence-corrected chi connectivity index (χ4v) is 3.25. The zero-order valence-electron chi connectivity index (χ0n) is 12.3. The molecule has 0 fully saturated rings. The summed E-state index contributed by atoms with van der Waals surface area (Å²) < 4.78 is 5.72. The van der Waals surface area contributed by atoms with Crippen LogP contribution in [-0.4, -0.2) is 18.3 Å². The van der Waals surface area contributed by atoms with Gasteiger partial charge in [-0.3, -0.25) is 0 Å². The summed E-state index contributed by atoms with van der Waals surface area (Å²) in [6, 6.07) is 15.9. The number of rotatable bonds is 3. The van der Waals surface area contributed by atoms with Gasteiger partial charge in [0.1, 0.15) is 5.75 Å². The van der Waals surface area contributed by atoms with E-state index in [1.54, 1.807) is 0 Å². The van der Waals surface area contributed by atoms with E-state index in [9.17, 15) is 5.11 Å². The van der Waals surface area contributed by atoms with Gasteiger partial charge in [-0.05, 0) is 25.0 Å². The molecule has 110 valence electrons. The topological polar surface area (TPSA) is 55.5 Å². The van der Waals surface area contributed by atoms with E-state index >= 15 is 0 Å². The van der Waals surface area contributed by atoms with E-state index in [1.165, 1.54) is 0 Å². The zero-order valence-corrected chi connectivity index (χ0v) is 12.3. The number of aryl methyl sites for hydroxylation is 1. The predicted octanol–water partition coefficient (Wildman–Crippen LogP) is 2.71. The van der Waals surface area contributed by atoms with Crippen molar-refractivity contribution in [3.63, 3.8) is 0 Å². The third-order valence-electron chi connectivity index (χ3n) is 4.47. The van der Waals surface area contributed by atoms with Crippen LogP contribution in [0.15, 0.2) is 48.5 Å². The number of nitrogens with two attached hydrogens (primary N) is 1. The summed E-state index contributed by atoms with van der Waals surface area (Å²) >= 11 is 0. The lowest BCUT2D eigenvalue weighted by molar-refractivity contribution is 0.0535. The van der Waals surface area contributed by atoms with Gasteiger partial charge in [-0.1, -0.05) is 48.0 Å². The first kappa shape index (κ1) is 14.1. The lowest BCUT2D eigenvalue weighted by atomic mass is 9.69. The zero-order chi connectivity index (χ0) is 14.9. The Balaban J connectivity index is 2.09. The highest BCUT2D eigenvalue weighted by atomic mass is 16.5. The van der Waals surface area contributed by atoms with Crippen molar-refractivity contribution in [3.05, 3.63) is 65.2 Å². The van der Waals surface area contributed by atoms with Crippen molar-refractivity contribution in [2.24, 2.45) is 5.73 Å². The highest BCUT2D eigenvalue weighted by Crippen LogP contribution is 2.46. The smallest absolute Gasteiger partial charge is 0.123 e. The highest BCUT2D eigenvalue weighted by molar-refractivity contribution is 5.44. The molecule has 0 bridgehead atoms. The SMILES string of the molecule is Cc1cccc(C(O)C2(CN)CCOc3ccccc32)c1. The Morgan fingerprint density at radius 3 is 2.81 bits per heavy atom. The maximum absolute atomic E-state index is 11.0. The Morgan fingerprint density at radius 2 is 2.05 bits per heavy atom. The number of ether oxygens (including phenoxy) is 1. The van der Waals surface area contributed by atoms with Crippen molar-refractivity contribution < 1.29 is 9.84 Å². The van der Waals surface area contributed by atoms with Crippen LogP contribution in [0.4, 0.5) is 0 Å². The van der Waals surface area contributed by atoms with Crippen LogP contribution in [0.25, 0.3) is 0 Å². The predicted molar refractivity (Wildman–Crippen MR) is 83.4 cm³/mol. The molecular formula is C18H21NO2. The molecule has 3 heteroatoms. The summed E-state index contributed by atoms with van der Waals surface area (Å²) in [4.78, 5) is 0. The van der Waals surface area contributed by atoms with Gasteiger partial charge in [0.2, 0.25) is 0 Å². The van der Waals surface area contributed by atoms with Gasteiger partial charge in [0.15, 0.2) is 0 Å². The third kappa shape index (κ3) is 2.33. The van der Waals surface area contributed by atoms with E-state index in [0.29, 0.717) is 13.2 Å². The van der Waals surface area contributed by atoms with Gasteiger partial charge in [-0.15, -0.1) is 0 Å². The molecule has 2 unspecified atom stereocenters. The largest absolute Gasteiger partial charge is 0.493 e. The van der Waals surface area contributed by atoms with Gasteiger partial charge < -0.3 is 15.6 Å². The maximum atomic E-state index is 11.0. The van der Waals surface area contributed by atoms with Crippen molar-refractivity contribution >= 4 is 0 Å². The van der Waals surface area contributed by atoms with E-state index in [2.05, 4.69) is 0 Å². The molecule has 3 N–H and O–H groups in total. The summed E-state index contributed by atoms with van der Waals surface area (Å²) in [7, 11) is 0. The minimum Gasteiger partial charge on any atom is -0.493 e. The first-order valence-corrected chi connectivity index (χ1v) is 7.34. The summed E-state index contributed by atoms with van der Waals surface area (Å²) in [5, 5.41) is 11.0. The quantitative estimate of drug-likeness (QED) is 0.910. The molecule has 3 rings (SSSR count). The molecule has 0 radical (unpaired) electrons. The average Bonchev–Trinajstić information content (AvgIpc) is 2.53. The Morgan fingerprint density at radius 1 is 1.24 bits per heavy atom. The molecule has 1 aliphatic rings. The normalized spacial score (nSPS) is 22.2. The van der Waals surface area contributed by atoms with E-state index in [1.807, 2.05) is 55.5 Å². The van der Waals surface area contributed by atoms with Crippen LogP contribution < -0.4 is 10.5 Å². The number of aliphatic hydroxyl groups is 1. The third-order valence-corrected chi connectivity index (χ3v) is 4.47. The fourth-order valence-electron chi connectivity index (χ4n) is 3.25. The lowest BCUT2D eigenvalue weighted by Gasteiger charge is -2.41. The number of hydrogen-bond donors (Lipinski definition) is 2. The number of fused-ring (bicyclic) bond motifs is 1. The molecule has 0 aromatic heterocycles. The molecule has 21 heavy (non-hydrogen) atoms. The van der Waals surface area contributed by atoms with Crippen LogP contribution in [0.3, 0.4) is 0 Å². The molecule has 1 aliphatic heterocycles. The van der Waals surface area contributed by atoms with Crippen molar-refractivity contribution in [2.45, 2.75) is 24.9 Å². The monoisotopic (exact) mass is 283 g/mol. The van der Waals surface area contributed by atoms with Gasteiger partial charge in [0.05, 0.1) is 12.7 Å². The van der Waals surface area contributed by atoms with Crippen LogP contribution in [-0.2, 0) is 5.41 Å². The Labute approximate surface area is 125 Å².